The zero-order valence-corrected chi connectivity index (χ0v) is 14.8. The molecule has 1 heterocycles. The summed E-state index contributed by atoms with van der Waals surface area (Å²) in [6.45, 7) is 4.00. The molecule has 1 aromatic rings. The first kappa shape index (κ1) is 18.6. The third-order valence-corrected chi connectivity index (χ3v) is 3.95. The summed E-state index contributed by atoms with van der Waals surface area (Å²) in [7, 11) is 1.32. The van der Waals surface area contributed by atoms with Gasteiger partial charge in [0.2, 0.25) is 5.91 Å². The Balaban J connectivity index is 2.20. The molecule has 0 saturated heterocycles. The predicted molar refractivity (Wildman–Crippen MR) is 94.1 cm³/mol. The molecule has 0 unspecified atom stereocenters. The van der Waals surface area contributed by atoms with E-state index in [-0.39, 0.29) is 43.2 Å². The number of benzene rings is 1. The maximum atomic E-state index is 12.8. The highest BCUT2D eigenvalue weighted by Gasteiger charge is 2.29. The number of hydrogen-bond acceptors (Lipinski definition) is 5. The zero-order valence-electron chi connectivity index (χ0n) is 14.8. The molecule has 2 rings (SSSR count). The second-order valence-electron chi connectivity index (χ2n) is 6.01. The number of carbonyl (C=O) groups excluding carboxylic acids is 3. The Bertz CT molecular complexity index is 670. The minimum absolute atomic E-state index is 0.0948. The number of rotatable bonds is 6. The molecule has 0 N–H and O–H groups in total. The fourth-order valence-electron chi connectivity index (χ4n) is 2.55. The van der Waals surface area contributed by atoms with Gasteiger partial charge in [0, 0.05) is 25.4 Å². The van der Waals surface area contributed by atoms with Crippen molar-refractivity contribution >= 4 is 29.2 Å². The Morgan fingerprint density at radius 2 is 1.92 bits per heavy atom. The lowest BCUT2D eigenvalue weighted by atomic mass is 10.1. The molecule has 0 aromatic heterocycles. The summed E-state index contributed by atoms with van der Waals surface area (Å²) in [4.78, 5) is 37.9. The Kier molecular flexibility index (Phi) is 6.27. The van der Waals surface area contributed by atoms with Crippen molar-refractivity contribution in [2.75, 3.05) is 18.7 Å². The molecule has 25 heavy (non-hydrogen) atoms. The minimum Gasteiger partial charge on any atom is -0.469 e. The van der Waals surface area contributed by atoms with Crippen LogP contribution in [0.25, 0.3) is 0 Å². The molecule has 0 aliphatic carbocycles. The third kappa shape index (κ3) is 4.65. The van der Waals surface area contributed by atoms with E-state index in [0.717, 1.165) is 0 Å². The lowest BCUT2D eigenvalue weighted by Crippen LogP contribution is -2.45. The van der Waals surface area contributed by atoms with Gasteiger partial charge in [0.1, 0.15) is 5.71 Å². The van der Waals surface area contributed by atoms with Crippen molar-refractivity contribution in [2.24, 2.45) is 5.10 Å². The number of carbonyl (C=O) groups is 3. The maximum absolute atomic E-state index is 12.8. The molecule has 1 aliphatic rings. The van der Waals surface area contributed by atoms with Gasteiger partial charge in [0.15, 0.2) is 0 Å². The summed E-state index contributed by atoms with van der Waals surface area (Å²) in [5.41, 5.74) is 0.949. The monoisotopic (exact) mass is 345 g/mol. The lowest BCUT2D eigenvalue weighted by molar-refractivity contribution is -0.141. The standard InChI is InChI=1S/C18H23N3O4/c1-13(2)20(12-11-17(23)25-3)18(24)15-9-10-16(22)21(19-15)14-7-5-4-6-8-14/h4-8,13H,9-12H2,1-3H3. The van der Waals surface area contributed by atoms with Crippen molar-refractivity contribution in [1.29, 1.82) is 0 Å². The Hall–Kier alpha value is -2.70. The van der Waals surface area contributed by atoms with Crippen LogP contribution in [-0.2, 0) is 19.1 Å². The molecular weight excluding hydrogens is 322 g/mol. The van der Waals surface area contributed by atoms with Crippen LogP contribution in [0.4, 0.5) is 5.69 Å². The van der Waals surface area contributed by atoms with Crippen LogP contribution < -0.4 is 5.01 Å². The quantitative estimate of drug-likeness (QED) is 0.739. The van der Waals surface area contributed by atoms with Gasteiger partial charge in [-0.15, -0.1) is 0 Å². The lowest BCUT2D eigenvalue weighted by Gasteiger charge is -2.29. The van der Waals surface area contributed by atoms with Crippen LogP contribution in [0.1, 0.15) is 33.1 Å². The van der Waals surface area contributed by atoms with Crippen molar-refractivity contribution in [3.63, 3.8) is 0 Å². The molecule has 7 nitrogen and oxygen atoms in total. The van der Waals surface area contributed by atoms with Gasteiger partial charge >= 0.3 is 5.97 Å². The first-order chi connectivity index (χ1) is 11.9. The summed E-state index contributed by atoms with van der Waals surface area (Å²) in [6.07, 6.45) is 0.639. The predicted octanol–water partition coefficient (Wildman–Crippen LogP) is 1.97. The van der Waals surface area contributed by atoms with E-state index >= 15 is 0 Å². The second-order valence-corrected chi connectivity index (χ2v) is 6.01. The molecule has 0 spiro atoms. The van der Waals surface area contributed by atoms with Gasteiger partial charge in [-0.05, 0) is 26.0 Å². The average Bonchev–Trinajstić information content (AvgIpc) is 2.62. The van der Waals surface area contributed by atoms with E-state index in [2.05, 4.69) is 9.84 Å². The Morgan fingerprint density at radius 3 is 2.52 bits per heavy atom. The van der Waals surface area contributed by atoms with E-state index in [1.165, 1.54) is 12.1 Å². The highest BCUT2D eigenvalue weighted by molar-refractivity contribution is 6.40. The van der Waals surface area contributed by atoms with Gasteiger partial charge in [0.05, 0.1) is 19.2 Å². The van der Waals surface area contributed by atoms with Crippen LogP contribution in [0.5, 0.6) is 0 Å². The van der Waals surface area contributed by atoms with Crippen LogP contribution in [-0.4, -0.2) is 48.1 Å². The number of para-hydroxylation sites is 1. The summed E-state index contributed by atoms with van der Waals surface area (Å²) in [6, 6.07) is 8.91. The average molecular weight is 345 g/mol. The first-order valence-corrected chi connectivity index (χ1v) is 8.27. The van der Waals surface area contributed by atoms with Crippen LogP contribution in [0.3, 0.4) is 0 Å². The van der Waals surface area contributed by atoms with Crippen LogP contribution in [0.15, 0.2) is 35.4 Å². The van der Waals surface area contributed by atoms with E-state index in [1.54, 1.807) is 17.0 Å². The van der Waals surface area contributed by atoms with E-state index < -0.39 is 0 Å². The summed E-state index contributed by atoms with van der Waals surface area (Å²) >= 11 is 0. The van der Waals surface area contributed by atoms with Gasteiger partial charge in [-0.1, -0.05) is 18.2 Å². The molecule has 134 valence electrons. The van der Waals surface area contributed by atoms with Gasteiger partial charge < -0.3 is 9.64 Å². The third-order valence-electron chi connectivity index (χ3n) is 3.95. The normalized spacial score (nSPS) is 14.3. The van der Waals surface area contributed by atoms with Gasteiger partial charge in [-0.25, -0.2) is 5.01 Å². The topological polar surface area (TPSA) is 79.3 Å². The van der Waals surface area contributed by atoms with Crippen LogP contribution in [0.2, 0.25) is 0 Å². The number of hydrogen-bond donors (Lipinski definition) is 0. The fourth-order valence-corrected chi connectivity index (χ4v) is 2.55. The smallest absolute Gasteiger partial charge is 0.307 e. The largest absolute Gasteiger partial charge is 0.469 e. The Labute approximate surface area is 147 Å². The highest BCUT2D eigenvalue weighted by atomic mass is 16.5. The zero-order chi connectivity index (χ0) is 18.4. The van der Waals surface area contributed by atoms with Gasteiger partial charge in [-0.2, -0.15) is 5.10 Å². The number of anilines is 1. The van der Waals surface area contributed by atoms with Crippen LogP contribution >= 0.6 is 0 Å². The Morgan fingerprint density at radius 1 is 1.24 bits per heavy atom. The summed E-state index contributed by atoms with van der Waals surface area (Å²) in [5.74, 6) is -0.772. The molecule has 0 fully saturated rings. The molecule has 2 amide bonds. The highest BCUT2D eigenvalue weighted by Crippen LogP contribution is 2.20. The number of methoxy groups -OCH3 is 1. The maximum Gasteiger partial charge on any atom is 0.307 e. The van der Waals surface area contributed by atoms with Crippen LogP contribution in [0, 0.1) is 0 Å². The molecule has 0 saturated carbocycles. The van der Waals surface area contributed by atoms with Crippen molar-refractivity contribution in [2.45, 2.75) is 39.2 Å². The SMILES string of the molecule is COC(=O)CCN(C(=O)C1=NN(c2ccccc2)C(=O)CC1)C(C)C. The molecule has 0 radical (unpaired) electrons. The van der Waals surface area contributed by atoms with E-state index in [1.807, 2.05) is 32.0 Å². The fraction of sp³-hybridized carbons (Fsp3) is 0.444. The second kappa shape index (κ2) is 8.41. The molecule has 0 bridgehead atoms. The van der Waals surface area contributed by atoms with Crippen molar-refractivity contribution in [1.82, 2.24) is 4.90 Å². The molecular formula is C18H23N3O4. The van der Waals surface area contributed by atoms with Crippen molar-refractivity contribution < 1.29 is 19.1 Å². The number of hydrazone groups is 1. The molecule has 0 atom stereocenters. The van der Waals surface area contributed by atoms with Crippen molar-refractivity contribution in [3.05, 3.63) is 30.3 Å². The number of esters is 1. The molecule has 1 aromatic carbocycles. The summed E-state index contributed by atoms with van der Waals surface area (Å²) < 4.78 is 4.63. The summed E-state index contributed by atoms with van der Waals surface area (Å²) in [5, 5.41) is 5.55. The van der Waals surface area contributed by atoms with Gasteiger partial charge in [0.25, 0.3) is 5.91 Å². The van der Waals surface area contributed by atoms with E-state index in [9.17, 15) is 14.4 Å². The van der Waals surface area contributed by atoms with Crippen molar-refractivity contribution in [3.8, 4) is 0 Å². The first-order valence-electron chi connectivity index (χ1n) is 8.27. The number of amides is 2. The number of nitrogens with zero attached hydrogens (tertiary/aromatic N) is 3. The van der Waals surface area contributed by atoms with Gasteiger partial charge in [-0.3, -0.25) is 14.4 Å². The van der Waals surface area contributed by atoms with E-state index in [0.29, 0.717) is 17.8 Å². The number of ether oxygens (including phenoxy) is 1. The minimum atomic E-state index is -0.370. The van der Waals surface area contributed by atoms with E-state index in [4.69, 9.17) is 0 Å². The molecule has 7 heteroatoms. The molecule has 1 aliphatic heterocycles.